The lowest BCUT2D eigenvalue weighted by atomic mass is 9.73. The maximum Gasteiger partial charge on any atom is 0.137 e. The molecule has 0 spiro atoms. The van der Waals surface area contributed by atoms with Gasteiger partial charge in [-0.3, -0.25) is 0 Å². The molecule has 0 radical (unpaired) electrons. The second kappa shape index (κ2) is 3.07. The highest BCUT2D eigenvalue weighted by Crippen LogP contribution is 2.39. The summed E-state index contributed by atoms with van der Waals surface area (Å²) >= 11 is 3.16. The lowest BCUT2D eigenvalue weighted by Crippen LogP contribution is -2.43. The van der Waals surface area contributed by atoms with Gasteiger partial charge in [-0.2, -0.15) is 0 Å². The van der Waals surface area contributed by atoms with Crippen LogP contribution in [0, 0.1) is 5.82 Å². The summed E-state index contributed by atoms with van der Waals surface area (Å²) in [6.45, 7) is 0. The zero-order chi connectivity index (χ0) is 9.47. The van der Waals surface area contributed by atoms with E-state index in [-0.39, 0.29) is 11.4 Å². The summed E-state index contributed by atoms with van der Waals surface area (Å²) in [6.07, 6.45) is 3.18. The fourth-order valence-corrected chi connectivity index (χ4v) is 2.03. The number of nitrogens with two attached hydrogens (primary N) is 1. The first-order valence-corrected chi connectivity index (χ1v) is 5.15. The van der Waals surface area contributed by atoms with E-state index in [1.807, 2.05) is 0 Å². The van der Waals surface area contributed by atoms with Crippen molar-refractivity contribution in [1.82, 2.24) is 0 Å². The van der Waals surface area contributed by atoms with Crippen molar-refractivity contribution < 1.29 is 4.39 Å². The third-order valence-corrected chi connectivity index (χ3v) is 3.35. The van der Waals surface area contributed by atoms with Crippen LogP contribution < -0.4 is 5.73 Å². The Hall–Kier alpha value is -0.410. The molecule has 0 amide bonds. The molecule has 2 rings (SSSR count). The molecule has 0 unspecified atom stereocenters. The molecule has 2 N–H and O–H groups in total. The third-order valence-electron chi connectivity index (χ3n) is 2.74. The van der Waals surface area contributed by atoms with Crippen molar-refractivity contribution in [3.8, 4) is 0 Å². The molecule has 1 aliphatic carbocycles. The summed E-state index contributed by atoms with van der Waals surface area (Å²) in [5.74, 6) is -0.230. The molecule has 13 heavy (non-hydrogen) atoms. The van der Waals surface area contributed by atoms with Gasteiger partial charge < -0.3 is 5.73 Å². The Labute approximate surface area is 85.3 Å². The second-order valence-corrected chi connectivity index (χ2v) is 4.49. The highest BCUT2D eigenvalue weighted by molar-refractivity contribution is 9.10. The molecule has 1 nitrogen and oxygen atoms in total. The summed E-state index contributed by atoms with van der Waals surface area (Å²) in [6, 6.07) is 5.03. The van der Waals surface area contributed by atoms with Gasteiger partial charge >= 0.3 is 0 Å². The van der Waals surface area contributed by atoms with Gasteiger partial charge in [0.1, 0.15) is 5.82 Å². The average molecular weight is 244 g/mol. The van der Waals surface area contributed by atoms with Crippen molar-refractivity contribution >= 4 is 15.9 Å². The topological polar surface area (TPSA) is 26.0 Å². The minimum absolute atomic E-state index is 0.198. The lowest BCUT2D eigenvalue weighted by molar-refractivity contribution is 0.253. The Bertz CT molecular complexity index is 334. The third kappa shape index (κ3) is 1.51. The molecule has 1 aromatic carbocycles. The summed E-state index contributed by atoms with van der Waals surface area (Å²) < 4.78 is 13.4. The van der Waals surface area contributed by atoms with Gasteiger partial charge in [0, 0.05) is 5.54 Å². The van der Waals surface area contributed by atoms with Crippen LogP contribution in [0.25, 0.3) is 0 Å². The molecule has 0 bridgehead atoms. The summed E-state index contributed by atoms with van der Waals surface area (Å²) in [7, 11) is 0. The van der Waals surface area contributed by atoms with E-state index in [0.29, 0.717) is 4.47 Å². The normalized spacial score (nSPS) is 19.6. The largest absolute Gasteiger partial charge is 0.321 e. The van der Waals surface area contributed by atoms with E-state index in [1.165, 1.54) is 12.5 Å². The summed E-state index contributed by atoms with van der Waals surface area (Å²) in [4.78, 5) is 0. The molecule has 1 saturated carbocycles. The maximum absolute atomic E-state index is 12.9. The van der Waals surface area contributed by atoms with Gasteiger partial charge in [0.25, 0.3) is 0 Å². The number of benzene rings is 1. The zero-order valence-electron chi connectivity index (χ0n) is 7.19. The molecule has 1 aromatic rings. The minimum atomic E-state index is -0.230. The van der Waals surface area contributed by atoms with E-state index in [9.17, 15) is 4.39 Å². The zero-order valence-corrected chi connectivity index (χ0v) is 8.77. The molecule has 70 valence electrons. The van der Waals surface area contributed by atoms with Gasteiger partial charge in [-0.05, 0) is 52.9 Å². The van der Waals surface area contributed by atoms with Crippen LogP contribution in [0.4, 0.5) is 4.39 Å². The minimum Gasteiger partial charge on any atom is -0.321 e. The Morgan fingerprint density at radius 3 is 2.54 bits per heavy atom. The number of rotatable bonds is 1. The Balaban J connectivity index is 2.36. The van der Waals surface area contributed by atoms with Crippen LogP contribution in [0.1, 0.15) is 24.8 Å². The molecule has 0 aliphatic heterocycles. The first kappa shape index (κ1) is 9.16. The number of hydrogen-bond donors (Lipinski definition) is 1. The van der Waals surface area contributed by atoms with Crippen LogP contribution in [0.5, 0.6) is 0 Å². The van der Waals surface area contributed by atoms with Gasteiger partial charge in [-0.25, -0.2) is 4.39 Å². The van der Waals surface area contributed by atoms with Crippen molar-refractivity contribution in [3.63, 3.8) is 0 Å². The molecular weight excluding hydrogens is 233 g/mol. The van der Waals surface area contributed by atoms with Crippen molar-refractivity contribution in [2.45, 2.75) is 24.8 Å². The van der Waals surface area contributed by atoms with E-state index in [2.05, 4.69) is 15.9 Å². The fourth-order valence-electron chi connectivity index (χ4n) is 1.65. The van der Waals surface area contributed by atoms with Crippen LogP contribution in [0.2, 0.25) is 0 Å². The quantitative estimate of drug-likeness (QED) is 0.807. The fraction of sp³-hybridized carbons (Fsp3) is 0.400. The highest BCUT2D eigenvalue weighted by Gasteiger charge is 2.34. The van der Waals surface area contributed by atoms with Gasteiger partial charge in [-0.1, -0.05) is 6.07 Å². The van der Waals surface area contributed by atoms with Crippen LogP contribution in [0.3, 0.4) is 0 Å². The summed E-state index contributed by atoms with van der Waals surface area (Å²) in [5, 5.41) is 0. The summed E-state index contributed by atoms with van der Waals surface area (Å²) in [5.41, 5.74) is 6.94. The van der Waals surface area contributed by atoms with E-state index in [1.54, 1.807) is 12.1 Å². The monoisotopic (exact) mass is 243 g/mol. The molecule has 3 heteroatoms. The average Bonchev–Trinajstić information content (AvgIpc) is 2.06. The van der Waals surface area contributed by atoms with E-state index in [0.717, 1.165) is 18.4 Å². The van der Waals surface area contributed by atoms with Crippen LogP contribution in [-0.2, 0) is 5.54 Å². The Morgan fingerprint density at radius 1 is 1.38 bits per heavy atom. The smallest absolute Gasteiger partial charge is 0.137 e. The van der Waals surface area contributed by atoms with Gasteiger partial charge in [0.2, 0.25) is 0 Å². The first-order chi connectivity index (χ1) is 6.12. The van der Waals surface area contributed by atoms with Crippen LogP contribution in [0.15, 0.2) is 22.7 Å². The molecule has 1 fully saturated rings. The van der Waals surface area contributed by atoms with Crippen LogP contribution >= 0.6 is 15.9 Å². The second-order valence-electron chi connectivity index (χ2n) is 3.64. The molecule has 1 aliphatic rings. The van der Waals surface area contributed by atoms with Gasteiger partial charge in [0.05, 0.1) is 4.47 Å². The van der Waals surface area contributed by atoms with E-state index in [4.69, 9.17) is 5.73 Å². The van der Waals surface area contributed by atoms with Crippen molar-refractivity contribution in [2.24, 2.45) is 5.73 Å². The van der Waals surface area contributed by atoms with Crippen LogP contribution in [-0.4, -0.2) is 0 Å². The van der Waals surface area contributed by atoms with Crippen molar-refractivity contribution in [2.75, 3.05) is 0 Å². The molecule has 0 heterocycles. The van der Waals surface area contributed by atoms with Gasteiger partial charge in [-0.15, -0.1) is 0 Å². The predicted molar refractivity (Wildman–Crippen MR) is 53.8 cm³/mol. The Kier molecular flexibility index (Phi) is 2.16. The number of halogens is 2. The van der Waals surface area contributed by atoms with Crippen molar-refractivity contribution in [3.05, 3.63) is 34.1 Å². The molecular formula is C10H11BrFN. The first-order valence-electron chi connectivity index (χ1n) is 4.36. The maximum atomic E-state index is 12.9. The number of hydrogen-bond acceptors (Lipinski definition) is 1. The molecule has 0 saturated heterocycles. The van der Waals surface area contributed by atoms with Gasteiger partial charge in [0.15, 0.2) is 0 Å². The lowest BCUT2D eigenvalue weighted by Gasteiger charge is -2.38. The Morgan fingerprint density at radius 2 is 2.08 bits per heavy atom. The molecule has 0 aromatic heterocycles. The molecule has 0 atom stereocenters. The van der Waals surface area contributed by atoms with E-state index >= 15 is 0 Å². The van der Waals surface area contributed by atoms with Crippen molar-refractivity contribution in [1.29, 1.82) is 0 Å². The standard InChI is InChI=1S/C10H11BrFN/c11-8-6-7(2-3-9(8)12)10(13)4-1-5-10/h2-3,6H,1,4-5,13H2. The predicted octanol–water partition coefficient (Wildman–Crippen LogP) is 2.93. The SMILES string of the molecule is NC1(c2ccc(F)c(Br)c2)CCC1. The highest BCUT2D eigenvalue weighted by atomic mass is 79.9. The van der Waals surface area contributed by atoms with E-state index < -0.39 is 0 Å².